The molecule has 0 aliphatic rings. The van der Waals surface area contributed by atoms with Crippen molar-refractivity contribution in [2.75, 3.05) is 13.7 Å². The molecule has 0 fully saturated rings. The standard InChI is InChI=1S/C17H25NO4/c1-6-14-7-15(9-16(8-14)21-5)17(20)22-10-13(4)18(11-19)12(2)3/h7-9,11-13H,6,10H2,1-5H3/t13-/m0/s1. The van der Waals surface area contributed by atoms with Gasteiger partial charge >= 0.3 is 5.97 Å². The second-order valence-corrected chi connectivity index (χ2v) is 5.52. The van der Waals surface area contributed by atoms with Gasteiger partial charge in [-0.25, -0.2) is 4.79 Å². The number of hydrogen-bond acceptors (Lipinski definition) is 4. The van der Waals surface area contributed by atoms with Gasteiger partial charge in [-0.3, -0.25) is 4.79 Å². The average Bonchev–Trinajstić information content (AvgIpc) is 2.52. The van der Waals surface area contributed by atoms with Crippen LogP contribution in [0.2, 0.25) is 0 Å². The van der Waals surface area contributed by atoms with Crippen molar-refractivity contribution in [3.63, 3.8) is 0 Å². The van der Waals surface area contributed by atoms with Crippen molar-refractivity contribution in [2.24, 2.45) is 0 Å². The molecule has 0 bridgehead atoms. The Balaban J connectivity index is 2.75. The van der Waals surface area contributed by atoms with Crippen LogP contribution in [0.5, 0.6) is 5.75 Å². The second-order valence-electron chi connectivity index (χ2n) is 5.52. The van der Waals surface area contributed by atoms with E-state index >= 15 is 0 Å². The number of nitrogens with zero attached hydrogens (tertiary/aromatic N) is 1. The summed E-state index contributed by atoms with van der Waals surface area (Å²) >= 11 is 0. The molecule has 1 amide bonds. The first kappa shape index (κ1) is 18.0. The molecule has 1 rings (SSSR count). The van der Waals surface area contributed by atoms with E-state index in [1.807, 2.05) is 33.8 Å². The first-order chi connectivity index (χ1) is 10.4. The summed E-state index contributed by atoms with van der Waals surface area (Å²) in [6.45, 7) is 7.86. The second kappa shape index (κ2) is 8.41. The lowest BCUT2D eigenvalue weighted by atomic mass is 10.1. The number of hydrogen-bond donors (Lipinski definition) is 0. The van der Waals surface area contributed by atoms with Gasteiger partial charge in [-0.15, -0.1) is 0 Å². The topological polar surface area (TPSA) is 55.8 Å². The lowest BCUT2D eigenvalue weighted by Gasteiger charge is -2.28. The van der Waals surface area contributed by atoms with E-state index in [0.29, 0.717) is 11.3 Å². The molecule has 0 saturated heterocycles. The zero-order valence-corrected chi connectivity index (χ0v) is 14.0. The van der Waals surface area contributed by atoms with Crippen molar-refractivity contribution in [3.05, 3.63) is 29.3 Å². The Hall–Kier alpha value is -2.04. The number of methoxy groups -OCH3 is 1. The van der Waals surface area contributed by atoms with E-state index in [4.69, 9.17) is 9.47 Å². The fourth-order valence-corrected chi connectivity index (χ4v) is 2.20. The van der Waals surface area contributed by atoms with Crippen LogP contribution in [-0.2, 0) is 16.0 Å². The van der Waals surface area contributed by atoms with E-state index in [2.05, 4.69) is 0 Å². The molecule has 0 saturated carbocycles. The summed E-state index contributed by atoms with van der Waals surface area (Å²) < 4.78 is 10.5. The average molecular weight is 307 g/mol. The van der Waals surface area contributed by atoms with Gasteiger partial charge in [0.15, 0.2) is 0 Å². The van der Waals surface area contributed by atoms with Crippen molar-refractivity contribution in [2.45, 2.75) is 46.2 Å². The summed E-state index contributed by atoms with van der Waals surface area (Å²) in [5, 5.41) is 0. The lowest BCUT2D eigenvalue weighted by molar-refractivity contribution is -0.122. The van der Waals surface area contributed by atoms with Gasteiger partial charge in [0.1, 0.15) is 12.4 Å². The number of rotatable bonds is 8. The molecule has 1 atom stereocenters. The van der Waals surface area contributed by atoms with Gasteiger partial charge < -0.3 is 14.4 Å². The summed E-state index contributed by atoms with van der Waals surface area (Å²) in [5.41, 5.74) is 1.47. The van der Waals surface area contributed by atoms with Crippen LogP contribution in [0.15, 0.2) is 18.2 Å². The van der Waals surface area contributed by atoms with Crippen molar-refractivity contribution in [1.29, 1.82) is 0 Å². The number of carbonyl (C=O) groups is 2. The van der Waals surface area contributed by atoms with Gasteiger partial charge in [0.25, 0.3) is 0 Å². The highest BCUT2D eigenvalue weighted by Gasteiger charge is 2.18. The van der Waals surface area contributed by atoms with Gasteiger partial charge in [-0.2, -0.15) is 0 Å². The third-order valence-electron chi connectivity index (χ3n) is 3.53. The molecule has 1 aromatic rings. The van der Waals surface area contributed by atoms with Gasteiger partial charge in [0.05, 0.1) is 18.7 Å². The van der Waals surface area contributed by atoms with Gasteiger partial charge in [-0.05, 0) is 51.0 Å². The molecule has 22 heavy (non-hydrogen) atoms. The highest BCUT2D eigenvalue weighted by atomic mass is 16.5. The molecular formula is C17H25NO4. The zero-order chi connectivity index (χ0) is 16.7. The number of aryl methyl sites for hydroxylation is 1. The van der Waals surface area contributed by atoms with Crippen LogP contribution >= 0.6 is 0 Å². The van der Waals surface area contributed by atoms with Crippen LogP contribution in [0.1, 0.15) is 43.6 Å². The maximum absolute atomic E-state index is 12.2. The Morgan fingerprint density at radius 2 is 1.95 bits per heavy atom. The number of ether oxygens (including phenoxy) is 2. The van der Waals surface area contributed by atoms with E-state index in [9.17, 15) is 9.59 Å². The normalized spacial score (nSPS) is 11.9. The van der Waals surface area contributed by atoms with Crippen molar-refractivity contribution in [1.82, 2.24) is 4.90 Å². The quantitative estimate of drug-likeness (QED) is 0.547. The van der Waals surface area contributed by atoms with E-state index in [-0.39, 0.29) is 18.7 Å². The Morgan fingerprint density at radius 1 is 1.27 bits per heavy atom. The Labute approximate surface area is 132 Å². The summed E-state index contributed by atoms with van der Waals surface area (Å²) in [6.07, 6.45) is 1.59. The van der Waals surface area contributed by atoms with E-state index in [1.165, 1.54) is 0 Å². The van der Waals surface area contributed by atoms with Crippen LogP contribution < -0.4 is 4.74 Å². The molecule has 0 spiro atoms. The Morgan fingerprint density at radius 3 is 2.45 bits per heavy atom. The predicted molar refractivity (Wildman–Crippen MR) is 85.2 cm³/mol. The van der Waals surface area contributed by atoms with Gasteiger partial charge in [0, 0.05) is 6.04 Å². The lowest BCUT2D eigenvalue weighted by Crippen LogP contribution is -2.40. The summed E-state index contributed by atoms with van der Waals surface area (Å²) in [6, 6.07) is 5.25. The molecule has 0 aliphatic heterocycles. The summed E-state index contributed by atoms with van der Waals surface area (Å²) in [5.74, 6) is 0.228. The van der Waals surface area contributed by atoms with Crippen LogP contribution in [0, 0.1) is 0 Å². The monoisotopic (exact) mass is 307 g/mol. The van der Waals surface area contributed by atoms with E-state index in [0.717, 1.165) is 18.4 Å². The molecule has 122 valence electrons. The van der Waals surface area contributed by atoms with Gasteiger partial charge in [0.2, 0.25) is 6.41 Å². The Bertz CT molecular complexity index is 491. The molecule has 5 nitrogen and oxygen atoms in total. The van der Waals surface area contributed by atoms with E-state index in [1.54, 1.807) is 24.1 Å². The molecule has 0 aliphatic carbocycles. The summed E-state index contributed by atoms with van der Waals surface area (Å²) in [7, 11) is 1.57. The smallest absolute Gasteiger partial charge is 0.338 e. The van der Waals surface area contributed by atoms with E-state index < -0.39 is 5.97 Å². The number of esters is 1. The third kappa shape index (κ3) is 4.76. The molecule has 0 aromatic heterocycles. The molecule has 0 radical (unpaired) electrons. The van der Waals surface area contributed by atoms with Crippen LogP contribution in [0.4, 0.5) is 0 Å². The van der Waals surface area contributed by atoms with Crippen molar-refractivity contribution in [3.8, 4) is 5.75 Å². The zero-order valence-electron chi connectivity index (χ0n) is 14.0. The highest BCUT2D eigenvalue weighted by Crippen LogP contribution is 2.18. The third-order valence-corrected chi connectivity index (χ3v) is 3.53. The maximum atomic E-state index is 12.2. The first-order valence-electron chi connectivity index (χ1n) is 7.50. The SMILES string of the molecule is CCc1cc(OC)cc(C(=O)OC[C@H](C)N(C=O)C(C)C)c1. The largest absolute Gasteiger partial charge is 0.497 e. The number of carbonyl (C=O) groups excluding carboxylic acids is 2. The number of amides is 1. The fourth-order valence-electron chi connectivity index (χ4n) is 2.20. The van der Waals surface area contributed by atoms with Crippen molar-refractivity contribution < 1.29 is 19.1 Å². The Kier molecular flexibility index (Phi) is 6.89. The highest BCUT2D eigenvalue weighted by molar-refractivity contribution is 5.90. The van der Waals surface area contributed by atoms with Crippen LogP contribution in [-0.4, -0.2) is 43.1 Å². The first-order valence-corrected chi connectivity index (χ1v) is 7.50. The summed E-state index contributed by atoms with van der Waals surface area (Å²) in [4.78, 5) is 24.8. The molecule has 0 unspecified atom stereocenters. The molecule has 5 heteroatoms. The minimum atomic E-state index is -0.407. The van der Waals surface area contributed by atoms with Crippen LogP contribution in [0.3, 0.4) is 0 Å². The van der Waals surface area contributed by atoms with Gasteiger partial charge in [-0.1, -0.05) is 6.92 Å². The molecule has 0 N–H and O–H groups in total. The minimum absolute atomic E-state index is 0.0646. The molecule has 0 heterocycles. The molecule has 1 aromatic carbocycles. The maximum Gasteiger partial charge on any atom is 0.338 e. The minimum Gasteiger partial charge on any atom is -0.497 e. The predicted octanol–water partition coefficient (Wildman–Crippen LogP) is 2.67. The fraction of sp³-hybridized carbons (Fsp3) is 0.529. The number of benzene rings is 1. The van der Waals surface area contributed by atoms with Crippen molar-refractivity contribution >= 4 is 12.4 Å². The molecular weight excluding hydrogens is 282 g/mol. The van der Waals surface area contributed by atoms with Crippen LogP contribution in [0.25, 0.3) is 0 Å².